The predicted molar refractivity (Wildman–Crippen MR) is 72.4 cm³/mol. The maximum absolute atomic E-state index is 11.9. The van der Waals surface area contributed by atoms with Crippen molar-refractivity contribution in [3.63, 3.8) is 0 Å². The number of rotatable bonds is 5. The van der Waals surface area contributed by atoms with Gasteiger partial charge in [0.15, 0.2) is 0 Å². The highest BCUT2D eigenvalue weighted by Gasteiger charge is 2.47. The third kappa shape index (κ3) is 3.14. The Labute approximate surface area is 111 Å². The summed E-state index contributed by atoms with van der Waals surface area (Å²) in [5.41, 5.74) is -0.0274. The maximum atomic E-state index is 11.9. The van der Waals surface area contributed by atoms with Gasteiger partial charge in [-0.15, -0.1) is 0 Å². The Kier molecular flexibility index (Phi) is 5.39. The predicted octanol–water partition coefficient (Wildman–Crippen LogP) is 3.48. The van der Waals surface area contributed by atoms with Crippen LogP contribution in [0.4, 0.5) is 0 Å². The third-order valence-corrected chi connectivity index (χ3v) is 3.81. The first kappa shape index (κ1) is 15.2. The SMILES string of the molecule is C=C(C)C(=O)OC1(C(C)C)CCCCC1OCC. The molecule has 0 aromatic carbocycles. The normalized spacial score (nSPS) is 28.2. The molecule has 1 aliphatic carbocycles. The van der Waals surface area contributed by atoms with Crippen LogP contribution in [0.1, 0.15) is 53.4 Å². The van der Waals surface area contributed by atoms with Crippen LogP contribution in [-0.2, 0) is 14.3 Å². The summed E-state index contributed by atoms with van der Waals surface area (Å²) < 4.78 is 11.6. The van der Waals surface area contributed by atoms with E-state index in [9.17, 15) is 4.79 Å². The molecule has 2 atom stereocenters. The number of hydrogen-bond acceptors (Lipinski definition) is 3. The van der Waals surface area contributed by atoms with Gasteiger partial charge in [0.2, 0.25) is 0 Å². The lowest BCUT2D eigenvalue weighted by Crippen LogP contribution is -2.53. The van der Waals surface area contributed by atoms with Crippen LogP contribution in [0, 0.1) is 5.92 Å². The molecule has 1 rings (SSSR count). The lowest BCUT2D eigenvalue weighted by Gasteiger charge is -2.45. The van der Waals surface area contributed by atoms with Crippen molar-refractivity contribution in [2.24, 2.45) is 5.92 Å². The molecule has 0 heterocycles. The van der Waals surface area contributed by atoms with Gasteiger partial charge in [0.25, 0.3) is 0 Å². The highest BCUT2D eigenvalue weighted by atomic mass is 16.6. The first-order chi connectivity index (χ1) is 8.44. The molecule has 0 N–H and O–H groups in total. The molecule has 18 heavy (non-hydrogen) atoms. The fourth-order valence-electron chi connectivity index (χ4n) is 2.72. The van der Waals surface area contributed by atoms with E-state index in [1.165, 1.54) is 0 Å². The van der Waals surface area contributed by atoms with E-state index in [1.807, 2.05) is 6.92 Å². The van der Waals surface area contributed by atoms with Gasteiger partial charge < -0.3 is 9.47 Å². The summed E-state index contributed by atoms with van der Waals surface area (Å²) in [6.07, 6.45) is 4.10. The molecule has 3 heteroatoms. The van der Waals surface area contributed by atoms with E-state index in [1.54, 1.807) is 6.92 Å². The monoisotopic (exact) mass is 254 g/mol. The second-order valence-electron chi connectivity index (χ2n) is 5.47. The molecule has 0 spiro atoms. The van der Waals surface area contributed by atoms with Gasteiger partial charge in [0, 0.05) is 12.2 Å². The summed E-state index contributed by atoms with van der Waals surface area (Å²) in [7, 11) is 0. The molecular weight excluding hydrogens is 228 g/mol. The van der Waals surface area contributed by atoms with Crippen molar-refractivity contribution >= 4 is 5.97 Å². The first-order valence-electron chi connectivity index (χ1n) is 6.94. The number of carbonyl (C=O) groups is 1. The molecule has 0 aromatic rings. The van der Waals surface area contributed by atoms with E-state index >= 15 is 0 Å². The van der Waals surface area contributed by atoms with Gasteiger partial charge in [0.1, 0.15) is 5.60 Å². The lowest BCUT2D eigenvalue weighted by atomic mass is 9.74. The van der Waals surface area contributed by atoms with Crippen molar-refractivity contribution < 1.29 is 14.3 Å². The molecular formula is C15H26O3. The van der Waals surface area contributed by atoms with Crippen LogP contribution in [-0.4, -0.2) is 24.3 Å². The number of esters is 1. The van der Waals surface area contributed by atoms with E-state index in [4.69, 9.17) is 9.47 Å². The van der Waals surface area contributed by atoms with E-state index in [0.717, 1.165) is 25.7 Å². The summed E-state index contributed by atoms with van der Waals surface area (Å²) in [5, 5.41) is 0. The molecule has 0 saturated heterocycles. The van der Waals surface area contributed by atoms with Crippen molar-refractivity contribution in [1.82, 2.24) is 0 Å². The Morgan fingerprint density at radius 1 is 1.44 bits per heavy atom. The number of ether oxygens (including phenoxy) is 2. The average molecular weight is 254 g/mol. The first-order valence-corrected chi connectivity index (χ1v) is 6.94. The zero-order chi connectivity index (χ0) is 13.8. The molecule has 0 bridgehead atoms. The summed E-state index contributed by atoms with van der Waals surface area (Å²) in [5.74, 6) is -0.0482. The Balaban J connectivity index is 2.94. The fraction of sp³-hybridized carbons (Fsp3) is 0.800. The Morgan fingerprint density at radius 2 is 2.11 bits per heavy atom. The van der Waals surface area contributed by atoms with Crippen LogP contribution in [0.25, 0.3) is 0 Å². The van der Waals surface area contributed by atoms with Crippen LogP contribution in [0.3, 0.4) is 0 Å². The second kappa shape index (κ2) is 6.37. The molecule has 1 saturated carbocycles. The van der Waals surface area contributed by atoms with E-state index in [0.29, 0.717) is 12.2 Å². The van der Waals surface area contributed by atoms with Crippen LogP contribution < -0.4 is 0 Å². The number of hydrogen-bond donors (Lipinski definition) is 0. The maximum Gasteiger partial charge on any atom is 0.333 e. The minimum Gasteiger partial charge on any atom is -0.453 e. The van der Waals surface area contributed by atoms with Gasteiger partial charge in [0.05, 0.1) is 6.10 Å². The highest BCUT2D eigenvalue weighted by Crippen LogP contribution is 2.40. The van der Waals surface area contributed by atoms with Crippen LogP contribution in [0.15, 0.2) is 12.2 Å². The van der Waals surface area contributed by atoms with Gasteiger partial charge in [-0.05, 0) is 39.0 Å². The van der Waals surface area contributed by atoms with E-state index in [-0.39, 0.29) is 18.0 Å². The Morgan fingerprint density at radius 3 is 2.61 bits per heavy atom. The molecule has 1 aliphatic rings. The fourth-order valence-corrected chi connectivity index (χ4v) is 2.72. The van der Waals surface area contributed by atoms with Gasteiger partial charge in [-0.2, -0.15) is 0 Å². The van der Waals surface area contributed by atoms with Gasteiger partial charge in [-0.1, -0.05) is 26.8 Å². The molecule has 2 unspecified atom stereocenters. The summed E-state index contributed by atoms with van der Waals surface area (Å²) in [6, 6.07) is 0. The topological polar surface area (TPSA) is 35.5 Å². The zero-order valence-electron chi connectivity index (χ0n) is 12.1. The summed E-state index contributed by atoms with van der Waals surface area (Å²) in [6.45, 7) is 12.2. The second-order valence-corrected chi connectivity index (χ2v) is 5.47. The van der Waals surface area contributed by atoms with Gasteiger partial charge in [-0.3, -0.25) is 0 Å². The zero-order valence-corrected chi connectivity index (χ0v) is 12.1. The Bertz CT molecular complexity index is 307. The largest absolute Gasteiger partial charge is 0.453 e. The number of carbonyl (C=O) groups excluding carboxylic acids is 1. The molecule has 0 radical (unpaired) electrons. The minimum absolute atomic E-state index is 0.0135. The minimum atomic E-state index is -0.482. The molecule has 0 amide bonds. The third-order valence-electron chi connectivity index (χ3n) is 3.81. The smallest absolute Gasteiger partial charge is 0.333 e. The van der Waals surface area contributed by atoms with Crippen molar-refractivity contribution in [2.45, 2.75) is 65.1 Å². The molecule has 0 aromatic heterocycles. The standard InChI is InChI=1S/C15H26O3/c1-6-17-13-9-7-8-10-15(13,12(4)5)18-14(16)11(2)3/h12-13H,2,6-10H2,1,3-5H3. The van der Waals surface area contributed by atoms with Crippen LogP contribution in [0.2, 0.25) is 0 Å². The van der Waals surface area contributed by atoms with E-state index in [2.05, 4.69) is 20.4 Å². The Hall–Kier alpha value is -0.830. The van der Waals surface area contributed by atoms with Crippen LogP contribution >= 0.6 is 0 Å². The molecule has 1 fully saturated rings. The van der Waals surface area contributed by atoms with Crippen molar-refractivity contribution in [3.8, 4) is 0 Å². The quantitative estimate of drug-likeness (QED) is 0.556. The highest BCUT2D eigenvalue weighted by molar-refractivity contribution is 5.87. The summed E-state index contributed by atoms with van der Waals surface area (Å²) >= 11 is 0. The molecule has 104 valence electrons. The summed E-state index contributed by atoms with van der Waals surface area (Å²) in [4.78, 5) is 11.9. The van der Waals surface area contributed by atoms with Gasteiger partial charge >= 0.3 is 5.97 Å². The van der Waals surface area contributed by atoms with Crippen molar-refractivity contribution in [3.05, 3.63) is 12.2 Å². The molecule has 3 nitrogen and oxygen atoms in total. The lowest BCUT2D eigenvalue weighted by molar-refractivity contribution is -0.195. The molecule has 0 aliphatic heterocycles. The van der Waals surface area contributed by atoms with Crippen molar-refractivity contribution in [2.75, 3.05) is 6.61 Å². The van der Waals surface area contributed by atoms with Crippen molar-refractivity contribution in [1.29, 1.82) is 0 Å². The van der Waals surface area contributed by atoms with Gasteiger partial charge in [-0.25, -0.2) is 4.79 Å². The van der Waals surface area contributed by atoms with Crippen LogP contribution in [0.5, 0.6) is 0 Å². The van der Waals surface area contributed by atoms with E-state index < -0.39 is 5.60 Å². The average Bonchev–Trinajstić information content (AvgIpc) is 2.31.